The summed E-state index contributed by atoms with van der Waals surface area (Å²) in [5, 5.41) is 9.28. The second kappa shape index (κ2) is 4.43. The Morgan fingerprint density at radius 1 is 1.59 bits per heavy atom. The molecule has 0 amide bonds. The molecule has 0 aliphatic heterocycles. The molecular weight excluding hydrogens is 247 g/mol. The summed E-state index contributed by atoms with van der Waals surface area (Å²) in [6.45, 7) is 1.55. The van der Waals surface area contributed by atoms with Gasteiger partial charge in [-0.15, -0.1) is 0 Å². The van der Waals surface area contributed by atoms with Gasteiger partial charge >= 0.3 is 0 Å². The second-order valence-corrected chi connectivity index (χ2v) is 4.12. The fraction of sp³-hybridized carbons (Fsp3) is 0.273. The Hall–Kier alpha value is -1.46. The summed E-state index contributed by atoms with van der Waals surface area (Å²) in [5.74, 6) is -0.592. The van der Waals surface area contributed by atoms with E-state index in [0.717, 1.165) is 4.57 Å². The van der Waals surface area contributed by atoms with E-state index in [1.165, 1.54) is 25.1 Å². The van der Waals surface area contributed by atoms with Crippen molar-refractivity contribution in [2.45, 2.75) is 19.6 Å². The molecule has 17 heavy (non-hydrogen) atoms. The molecule has 0 saturated carbocycles. The van der Waals surface area contributed by atoms with Gasteiger partial charge in [0.15, 0.2) is 0 Å². The van der Waals surface area contributed by atoms with E-state index in [1.54, 1.807) is 0 Å². The fourth-order valence-electron chi connectivity index (χ4n) is 1.61. The number of hydrogen-bond donors (Lipinski definition) is 1. The molecule has 6 heteroatoms. The molecule has 2 aromatic rings. The van der Waals surface area contributed by atoms with Crippen LogP contribution in [0.1, 0.15) is 6.92 Å². The first kappa shape index (κ1) is 12.0. The van der Waals surface area contributed by atoms with Crippen LogP contribution in [-0.2, 0) is 6.54 Å². The maximum atomic E-state index is 13.4. The Morgan fingerprint density at radius 2 is 2.29 bits per heavy atom. The third-order valence-corrected chi connectivity index (χ3v) is 2.62. The normalized spacial score (nSPS) is 12.9. The third kappa shape index (κ3) is 2.16. The van der Waals surface area contributed by atoms with Crippen LogP contribution >= 0.6 is 11.6 Å². The molecule has 4 nitrogen and oxygen atoms in total. The quantitative estimate of drug-likeness (QED) is 0.830. The summed E-state index contributed by atoms with van der Waals surface area (Å²) in [7, 11) is 0. The van der Waals surface area contributed by atoms with Gasteiger partial charge in [0.2, 0.25) is 5.28 Å². The predicted molar refractivity (Wildman–Crippen MR) is 62.7 cm³/mol. The van der Waals surface area contributed by atoms with Crippen molar-refractivity contribution in [3.05, 3.63) is 39.7 Å². The van der Waals surface area contributed by atoms with Crippen LogP contribution in [0.3, 0.4) is 0 Å². The molecule has 0 bridgehead atoms. The van der Waals surface area contributed by atoms with Gasteiger partial charge in [0.1, 0.15) is 11.3 Å². The van der Waals surface area contributed by atoms with Gasteiger partial charge in [0, 0.05) is 0 Å². The summed E-state index contributed by atoms with van der Waals surface area (Å²) in [5.41, 5.74) is -0.509. The van der Waals surface area contributed by atoms with Crippen LogP contribution in [0.2, 0.25) is 5.28 Å². The van der Waals surface area contributed by atoms with E-state index in [9.17, 15) is 14.3 Å². The lowest BCUT2D eigenvalue weighted by Crippen LogP contribution is -2.27. The summed E-state index contributed by atoms with van der Waals surface area (Å²) >= 11 is 5.80. The van der Waals surface area contributed by atoms with Gasteiger partial charge in [-0.3, -0.25) is 9.36 Å². The highest BCUT2D eigenvalue weighted by molar-refractivity contribution is 6.28. The molecule has 0 saturated heterocycles. The van der Waals surface area contributed by atoms with Gasteiger partial charge in [-0.1, -0.05) is 6.07 Å². The average molecular weight is 257 g/mol. The standard InChI is InChI=1S/C11H10ClFN2O2/c1-6(16)5-15-10(17)7-3-2-4-8(13)9(7)14-11(15)12/h2-4,6,16H,5H2,1H3. The number of aliphatic hydroxyl groups excluding tert-OH is 1. The highest BCUT2D eigenvalue weighted by Gasteiger charge is 2.13. The van der Waals surface area contributed by atoms with Crippen LogP contribution < -0.4 is 5.56 Å². The molecule has 1 aromatic heterocycles. The molecule has 0 fully saturated rings. The summed E-state index contributed by atoms with van der Waals surface area (Å²) in [4.78, 5) is 15.8. The van der Waals surface area contributed by atoms with Gasteiger partial charge < -0.3 is 5.11 Å². The molecule has 0 aliphatic rings. The first-order valence-electron chi connectivity index (χ1n) is 5.03. The maximum absolute atomic E-state index is 13.4. The first-order valence-corrected chi connectivity index (χ1v) is 5.41. The molecule has 1 aromatic carbocycles. The molecule has 1 heterocycles. The molecule has 1 unspecified atom stereocenters. The van der Waals surface area contributed by atoms with E-state index in [2.05, 4.69) is 4.98 Å². The van der Waals surface area contributed by atoms with Gasteiger partial charge in [0.05, 0.1) is 18.0 Å². The molecule has 0 radical (unpaired) electrons. The molecule has 2 rings (SSSR count). The van der Waals surface area contributed by atoms with Crippen molar-refractivity contribution >= 4 is 22.5 Å². The summed E-state index contributed by atoms with van der Waals surface area (Å²) in [6, 6.07) is 4.12. The largest absolute Gasteiger partial charge is 0.392 e. The minimum absolute atomic E-state index is 0.0249. The SMILES string of the molecule is CC(O)Cn1c(Cl)nc2c(F)cccc2c1=O. The van der Waals surface area contributed by atoms with Crippen LogP contribution in [0.15, 0.2) is 23.0 Å². The molecule has 90 valence electrons. The van der Waals surface area contributed by atoms with Gasteiger partial charge in [0.25, 0.3) is 5.56 Å². The lowest BCUT2D eigenvalue weighted by atomic mass is 10.2. The summed E-state index contributed by atoms with van der Waals surface area (Å²) in [6.07, 6.45) is -0.738. The van der Waals surface area contributed by atoms with E-state index in [4.69, 9.17) is 11.6 Å². The van der Waals surface area contributed by atoms with Crippen LogP contribution in [0.4, 0.5) is 4.39 Å². The average Bonchev–Trinajstić information content (AvgIpc) is 2.26. The third-order valence-electron chi connectivity index (χ3n) is 2.34. The monoisotopic (exact) mass is 256 g/mol. The Morgan fingerprint density at radius 3 is 2.94 bits per heavy atom. The number of hydrogen-bond acceptors (Lipinski definition) is 3. The fourth-order valence-corrected chi connectivity index (χ4v) is 1.84. The molecule has 0 aliphatic carbocycles. The van der Waals surface area contributed by atoms with Gasteiger partial charge in [-0.25, -0.2) is 9.37 Å². The Labute approximate surface area is 101 Å². The van der Waals surface area contributed by atoms with Crippen LogP contribution in [0, 0.1) is 5.82 Å². The lowest BCUT2D eigenvalue weighted by molar-refractivity contribution is 0.172. The number of aliphatic hydroxyl groups is 1. The van der Waals surface area contributed by atoms with Crippen molar-refractivity contribution in [2.75, 3.05) is 0 Å². The minimum atomic E-state index is -0.738. The van der Waals surface area contributed by atoms with E-state index in [1.807, 2.05) is 0 Å². The zero-order valence-electron chi connectivity index (χ0n) is 9.02. The van der Waals surface area contributed by atoms with E-state index >= 15 is 0 Å². The van der Waals surface area contributed by atoms with Crippen LogP contribution in [0.25, 0.3) is 10.9 Å². The van der Waals surface area contributed by atoms with Gasteiger partial charge in [-0.05, 0) is 30.7 Å². The number of halogens is 2. The predicted octanol–water partition coefficient (Wildman–Crippen LogP) is 1.57. The number of benzene rings is 1. The number of nitrogens with zero attached hydrogens (tertiary/aromatic N) is 2. The molecule has 1 atom stereocenters. The number of para-hydroxylation sites is 1. The Balaban J connectivity index is 2.77. The number of aromatic nitrogens is 2. The Kier molecular flexibility index (Phi) is 3.13. The zero-order chi connectivity index (χ0) is 12.6. The second-order valence-electron chi connectivity index (χ2n) is 3.78. The van der Waals surface area contributed by atoms with Gasteiger partial charge in [-0.2, -0.15) is 0 Å². The van der Waals surface area contributed by atoms with E-state index in [-0.39, 0.29) is 22.7 Å². The van der Waals surface area contributed by atoms with Crippen LogP contribution in [-0.4, -0.2) is 20.8 Å². The first-order chi connectivity index (χ1) is 8.00. The van der Waals surface area contributed by atoms with E-state index < -0.39 is 17.5 Å². The highest BCUT2D eigenvalue weighted by Crippen LogP contribution is 2.15. The molecule has 0 spiro atoms. The zero-order valence-corrected chi connectivity index (χ0v) is 9.78. The van der Waals surface area contributed by atoms with Crippen molar-refractivity contribution in [3.63, 3.8) is 0 Å². The number of fused-ring (bicyclic) bond motifs is 1. The maximum Gasteiger partial charge on any atom is 0.262 e. The van der Waals surface area contributed by atoms with Crippen molar-refractivity contribution < 1.29 is 9.50 Å². The topological polar surface area (TPSA) is 55.1 Å². The van der Waals surface area contributed by atoms with Crippen molar-refractivity contribution in [1.29, 1.82) is 0 Å². The molecule has 1 N–H and O–H groups in total. The highest BCUT2D eigenvalue weighted by atomic mass is 35.5. The van der Waals surface area contributed by atoms with Crippen molar-refractivity contribution in [2.24, 2.45) is 0 Å². The minimum Gasteiger partial charge on any atom is -0.392 e. The van der Waals surface area contributed by atoms with Crippen LogP contribution in [0.5, 0.6) is 0 Å². The van der Waals surface area contributed by atoms with Crippen molar-refractivity contribution in [1.82, 2.24) is 9.55 Å². The van der Waals surface area contributed by atoms with Crippen molar-refractivity contribution in [3.8, 4) is 0 Å². The van der Waals surface area contributed by atoms with E-state index in [0.29, 0.717) is 0 Å². The lowest BCUT2D eigenvalue weighted by Gasteiger charge is -2.10. The number of rotatable bonds is 2. The summed E-state index contributed by atoms with van der Waals surface area (Å²) < 4.78 is 14.5. The smallest absolute Gasteiger partial charge is 0.262 e. The Bertz CT molecular complexity index is 625. The molecular formula is C11H10ClFN2O2.